The molecular formula is C17H27FN2. The second-order valence-corrected chi connectivity index (χ2v) is 6.04. The molecule has 1 aromatic rings. The maximum atomic E-state index is 13.6. The van der Waals surface area contributed by atoms with Crippen molar-refractivity contribution in [2.75, 3.05) is 11.4 Å². The van der Waals surface area contributed by atoms with E-state index in [0.29, 0.717) is 6.04 Å². The van der Waals surface area contributed by atoms with Crippen molar-refractivity contribution >= 4 is 5.69 Å². The van der Waals surface area contributed by atoms with Gasteiger partial charge in [0.1, 0.15) is 5.82 Å². The Morgan fingerprint density at radius 3 is 2.90 bits per heavy atom. The zero-order valence-electron chi connectivity index (χ0n) is 12.7. The van der Waals surface area contributed by atoms with Crippen LogP contribution in [-0.2, 0) is 6.42 Å². The van der Waals surface area contributed by atoms with E-state index in [1.165, 1.54) is 31.4 Å². The number of hydrogen-bond donors (Lipinski definition) is 1. The highest BCUT2D eigenvalue weighted by atomic mass is 19.1. The molecule has 2 rings (SSSR count). The predicted molar refractivity (Wildman–Crippen MR) is 83.6 cm³/mol. The first-order valence-corrected chi connectivity index (χ1v) is 7.92. The summed E-state index contributed by atoms with van der Waals surface area (Å²) in [6.07, 6.45) is 6.71. The second kappa shape index (κ2) is 7.07. The zero-order valence-corrected chi connectivity index (χ0v) is 12.7. The molecular weight excluding hydrogens is 251 g/mol. The molecule has 20 heavy (non-hydrogen) atoms. The first kappa shape index (κ1) is 15.3. The molecule has 0 radical (unpaired) electrons. The van der Waals surface area contributed by atoms with Crippen molar-refractivity contribution in [3.05, 3.63) is 29.6 Å². The van der Waals surface area contributed by atoms with Crippen LogP contribution >= 0.6 is 0 Å². The Morgan fingerprint density at radius 1 is 1.35 bits per heavy atom. The van der Waals surface area contributed by atoms with Crippen molar-refractivity contribution in [2.24, 2.45) is 5.73 Å². The van der Waals surface area contributed by atoms with Gasteiger partial charge in [0.25, 0.3) is 0 Å². The first-order valence-electron chi connectivity index (χ1n) is 7.92. The zero-order chi connectivity index (χ0) is 14.5. The molecule has 3 heteroatoms. The number of benzene rings is 1. The molecule has 1 aliphatic heterocycles. The summed E-state index contributed by atoms with van der Waals surface area (Å²) in [5.74, 6) is -0.158. The monoisotopic (exact) mass is 278 g/mol. The molecule has 1 aromatic carbocycles. The fourth-order valence-electron chi connectivity index (χ4n) is 3.06. The number of hydrogen-bond acceptors (Lipinski definition) is 2. The van der Waals surface area contributed by atoms with Crippen LogP contribution in [0.5, 0.6) is 0 Å². The molecule has 1 aliphatic rings. The Morgan fingerprint density at radius 2 is 2.15 bits per heavy atom. The van der Waals surface area contributed by atoms with E-state index in [1.807, 2.05) is 6.07 Å². The van der Waals surface area contributed by atoms with E-state index in [0.717, 1.165) is 24.9 Å². The number of anilines is 1. The van der Waals surface area contributed by atoms with E-state index in [1.54, 1.807) is 12.1 Å². The van der Waals surface area contributed by atoms with Gasteiger partial charge >= 0.3 is 0 Å². The minimum absolute atomic E-state index is 0.109. The fourth-order valence-corrected chi connectivity index (χ4v) is 3.06. The summed E-state index contributed by atoms with van der Waals surface area (Å²) in [5, 5.41) is 0. The Bertz CT molecular complexity index is 433. The van der Waals surface area contributed by atoms with Crippen LogP contribution in [0.1, 0.15) is 51.5 Å². The highest BCUT2D eigenvalue weighted by Gasteiger charge is 2.20. The van der Waals surface area contributed by atoms with E-state index in [4.69, 9.17) is 5.73 Å². The maximum Gasteiger partial charge on any atom is 0.123 e. The lowest BCUT2D eigenvalue weighted by Crippen LogP contribution is -2.34. The molecule has 1 heterocycles. The molecule has 0 spiro atoms. The lowest BCUT2D eigenvalue weighted by molar-refractivity contribution is 0.597. The van der Waals surface area contributed by atoms with Gasteiger partial charge in [0.15, 0.2) is 0 Å². The molecule has 2 N–H and O–H groups in total. The second-order valence-electron chi connectivity index (χ2n) is 6.04. The lowest BCUT2D eigenvalue weighted by atomic mass is 10.0. The Labute approximate surface area is 122 Å². The molecule has 0 aliphatic carbocycles. The fraction of sp³-hybridized carbons (Fsp3) is 0.647. The Balaban J connectivity index is 2.28. The van der Waals surface area contributed by atoms with Crippen LogP contribution in [0.4, 0.5) is 10.1 Å². The minimum atomic E-state index is -0.158. The predicted octanol–water partition coefficient (Wildman–Crippen LogP) is 3.87. The summed E-state index contributed by atoms with van der Waals surface area (Å²) in [7, 11) is 0. The van der Waals surface area contributed by atoms with Gasteiger partial charge in [0, 0.05) is 24.3 Å². The average Bonchev–Trinajstić information content (AvgIpc) is 2.64. The van der Waals surface area contributed by atoms with E-state index in [2.05, 4.69) is 18.7 Å². The van der Waals surface area contributed by atoms with Crippen molar-refractivity contribution in [3.63, 3.8) is 0 Å². The quantitative estimate of drug-likeness (QED) is 0.905. The van der Waals surface area contributed by atoms with E-state index >= 15 is 0 Å². The van der Waals surface area contributed by atoms with E-state index in [-0.39, 0.29) is 11.9 Å². The van der Waals surface area contributed by atoms with Gasteiger partial charge in [-0.25, -0.2) is 4.39 Å². The summed E-state index contributed by atoms with van der Waals surface area (Å²) < 4.78 is 13.6. The molecule has 112 valence electrons. The van der Waals surface area contributed by atoms with Crippen LogP contribution in [0.3, 0.4) is 0 Å². The van der Waals surface area contributed by atoms with Crippen molar-refractivity contribution < 1.29 is 4.39 Å². The third-order valence-electron chi connectivity index (χ3n) is 4.41. The van der Waals surface area contributed by atoms with Gasteiger partial charge in [-0.05, 0) is 56.4 Å². The largest absolute Gasteiger partial charge is 0.369 e. The van der Waals surface area contributed by atoms with E-state index < -0.39 is 0 Å². The number of halogens is 1. The van der Waals surface area contributed by atoms with Gasteiger partial charge in [0.05, 0.1) is 0 Å². The van der Waals surface area contributed by atoms with Crippen LogP contribution in [0.25, 0.3) is 0 Å². The van der Waals surface area contributed by atoms with Gasteiger partial charge in [0.2, 0.25) is 0 Å². The molecule has 0 bridgehead atoms. The van der Waals surface area contributed by atoms with Gasteiger partial charge in [-0.1, -0.05) is 19.8 Å². The average molecular weight is 278 g/mol. The van der Waals surface area contributed by atoms with Crippen molar-refractivity contribution in [2.45, 2.75) is 64.5 Å². The Hall–Kier alpha value is -1.09. The summed E-state index contributed by atoms with van der Waals surface area (Å²) in [5.41, 5.74) is 8.33. The highest BCUT2D eigenvalue weighted by Crippen LogP contribution is 2.29. The normalized spacial score (nSPS) is 21.6. The lowest BCUT2D eigenvalue weighted by Gasteiger charge is -2.32. The number of nitrogens with zero attached hydrogens (tertiary/aromatic N) is 1. The molecule has 1 saturated heterocycles. The van der Waals surface area contributed by atoms with Crippen LogP contribution in [-0.4, -0.2) is 18.6 Å². The SMILES string of the molecule is CCC(N)Cc1cc(F)ccc1N1CCCCCC1C. The summed E-state index contributed by atoms with van der Waals surface area (Å²) in [6.45, 7) is 5.43. The van der Waals surface area contributed by atoms with Gasteiger partial charge in [-0.2, -0.15) is 0 Å². The first-order chi connectivity index (χ1) is 9.61. The topological polar surface area (TPSA) is 29.3 Å². The number of rotatable bonds is 4. The molecule has 2 atom stereocenters. The van der Waals surface area contributed by atoms with Crippen molar-refractivity contribution in [1.82, 2.24) is 0 Å². The third kappa shape index (κ3) is 3.72. The Kier molecular flexibility index (Phi) is 5.41. The van der Waals surface area contributed by atoms with Crippen LogP contribution in [0, 0.1) is 5.82 Å². The maximum absolute atomic E-state index is 13.6. The molecule has 2 nitrogen and oxygen atoms in total. The van der Waals surface area contributed by atoms with Gasteiger partial charge in [-0.15, -0.1) is 0 Å². The van der Waals surface area contributed by atoms with Gasteiger partial charge < -0.3 is 10.6 Å². The molecule has 0 aromatic heterocycles. The summed E-state index contributed by atoms with van der Waals surface area (Å²) in [6, 6.07) is 5.82. The summed E-state index contributed by atoms with van der Waals surface area (Å²) >= 11 is 0. The van der Waals surface area contributed by atoms with Gasteiger partial charge in [-0.3, -0.25) is 0 Å². The smallest absolute Gasteiger partial charge is 0.123 e. The summed E-state index contributed by atoms with van der Waals surface area (Å²) in [4.78, 5) is 2.45. The highest BCUT2D eigenvalue weighted by molar-refractivity contribution is 5.55. The van der Waals surface area contributed by atoms with Crippen LogP contribution in [0.15, 0.2) is 18.2 Å². The van der Waals surface area contributed by atoms with Crippen molar-refractivity contribution in [3.8, 4) is 0 Å². The molecule has 1 fully saturated rings. The standard InChI is InChI=1S/C17H27FN2/c1-3-16(19)12-14-11-15(18)8-9-17(14)20-10-6-4-5-7-13(20)2/h8-9,11,13,16H,3-7,10,12,19H2,1-2H3. The third-order valence-corrected chi connectivity index (χ3v) is 4.41. The molecule has 2 unspecified atom stereocenters. The minimum Gasteiger partial charge on any atom is -0.369 e. The van der Waals surface area contributed by atoms with Crippen molar-refractivity contribution in [1.29, 1.82) is 0 Å². The van der Waals surface area contributed by atoms with Crippen LogP contribution in [0.2, 0.25) is 0 Å². The van der Waals surface area contributed by atoms with E-state index in [9.17, 15) is 4.39 Å². The molecule has 0 amide bonds. The van der Waals surface area contributed by atoms with Crippen LogP contribution < -0.4 is 10.6 Å². The number of nitrogens with two attached hydrogens (primary N) is 1. The molecule has 0 saturated carbocycles.